The Morgan fingerprint density at radius 3 is 2.73 bits per heavy atom. The second kappa shape index (κ2) is 2.13. The van der Waals surface area contributed by atoms with Gasteiger partial charge < -0.3 is 4.98 Å². The van der Waals surface area contributed by atoms with Crippen LogP contribution in [-0.2, 0) is 6.42 Å². The van der Waals surface area contributed by atoms with Gasteiger partial charge in [0, 0.05) is 11.4 Å². The molecule has 0 spiro atoms. The Bertz CT molecular complexity index is 283. The van der Waals surface area contributed by atoms with Gasteiger partial charge in [0.25, 0.3) is 0 Å². The van der Waals surface area contributed by atoms with Gasteiger partial charge in [0.15, 0.2) is 0 Å². The molecule has 2 rings (SSSR count). The van der Waals surface area contributed by atoms with Crippen LogP contribution in [-0.4, -0.2) is 4.98 Å². The molecule has 1 unspecified atom stereocenters. The molecule has 0 aromatic carbocycles. The van der Waals surface area contributed by atoms with Gasteiger partial charge in [-0.05, 0) is 43.7 Å². The summed E-state index contributed by atoms with van der Waals surface area (Å²) in [7, 11) is 0. The van der Waals surface area contributed by atoms with Gasteiger partial charge in [-0.3, -0.25) is 0 Å². The Balaban J connectivity index is 2.57. The van der Waals surface area contributed by atoms with Crippen LogP contribution in [0.3, 0.4) is 0 Å². The van der Waals surface area contributed by atoms with Gasteiger partial charge in [-0.25, -0.2) is 0 Å². The molecule has 1 nitrogen and oxygen atoms in total. The average molecular weight is 149 g/mol. The predicted octanol–water partition coefficient (Wildman–Crippen LogP) is 2.68. The van der Waals surface area contributed by atoms with E-state index in [9.17, 15) is 0 Å². The van der Waals surface area contributed by atoms with Crippen LogP contribution in [0.25, 0.3) is 0 Å². The average Bonchev–Trinajstić information content (AvgIpc) is 2.43. The van der Waals surface area contributed by atoms with Crippen molar-refractivity contribution in [3.8, 4) is 0 Å². The van der Waals surface area contributed by atoms with Crippen LogP contribution < -0.4 is 0 Å². The van der Waals surface area contributed by atoms with Crippen LogP contribution >= 0.6 is 0 Å². The van der Waals surface area contributed by atoms with E-state index < -0.39 is 0 Å². The van der Waals surface area contributed by atoms with Gasteiger partial charge in [-0.1, -0.05) is 6.92 Å². The van der Waals surface area contributed by atoms with Crippen LogP contribution in [0.2, 0.25) is 0 Å². The van der Waals surface area contributed by atoms with E-state index in [2.05, 4.69) is 25.8 Å². The topological polar surface area (TPSA) is 15.8 Å². The molecule has 1 aliphatic rings. The van der Waals surface area contributed by atoms with Crippen molar-refractivity contribution in [2.75, 3.05) is 0 Å². The number of hydrogen-bond donors (Lipinski definition) is 1. The van der Waals surface area contributed by atoms with Crippen molar-refractivity contribution in [2.24, 2.45) is 0 Å². The zero-order valence-electron chi connectivity index (χ0n) is 7.49. The van der Waals surface area contributed by atoms with Crippen molar-refractivity contribution >= 4 is 0 Å². The summed E-state index contributed by atoms with van der Waals surface area (Å²) in [5, 5.41) is 0. The van der Waals surface area contributed by atoms with Crippen LogP contribution in [0.1, 0.15) is 41.8 Å². The molecule has 1 heteroatoms. The number of nitrogens with one attached hydrogen (secondary N) is 1. The monoisotopic (exact) mass is 149 g/mol. The largest absolute Gasteiger partial charge is 0.362 e. The molecule has 0 aliphatic heterocycles. The molecule has 1 atom stereocenters. The molecule has 0 bridgehead atoms. The number of aromatic nitrogens is 1. The minimum Gasteiger partial charge on any atom is -0.362 e. The third kappa shape index (κ3) is 0.834. The first kappa shape index (κ1) is 6.96. The summed E-state index contributed by atoms with van der Waals surface area (Å²) >= 11 is 0. The molecule has 0 saturated heterocycles. The number of hydrogen-bond acceptors (Lipinski definition) is 0. The van der Waals surface area contributed by atoms with E-state index in [4.69, 9.17) is 0 Å². The molecular formula is C10H15N. The van der Waals surface area contributed by atoms with E-state index in [1.165, 1.54) is 29.8 Å². The summed E-state index contributed by atoms with van der Waals surface area (Å²) in [6.45, 7) is 6.70. The second-order valence-corrected chi connectivity index (χ2v) is 3.71. The van der Waals surface area contributed by atoms with E-state index >= 15 is 0 Å². The van der Waals surface area contributed by atoms with E-state index in [-0.39, 0.29) is 0 Å². The van der Waals surface area contributed by atoms with Crippen molar-refractivity contribution in [3.05, 3.63) is 22.5 Å². The quantitative estimate of drug-likeness (QED) is 0.583. The van der Waals surface area contributed by atoms with Crippen molar-refractivity contribution in [1.82, 2.24) is 4.98 Å². The number of aryl methyl sites for hydroxylation is 1. The van der Waals surface area contributed by atoms with Gasteiger partial charge in [0.1, 0.15) is 0 Å². The van der Waals surface area contributed by atoms with E-state index in [0.29, 0.717) is 0 Å². The standard InChI is InChI=1S/C10H15N/c1-6-4-5-9-7(2)8(3)11-10(6)9/h6,11H,4-5H2,1-3H3. The summed E-state index contributed by atoms with van der Waals surface area (Å²) in [5.74, 6) is 0.761. The van der Waals surface area contributed by atoms with Crippen molar-refractivity contribution in [3.63, 3.8) is 0 Å². The van der Waals surface area contributed by atoms with Crippen molar-refractivity contribution < 1.29 is 0 Å². The maximum Gasteiger partial charge on any atom is 0.0213 e. The third-order valence-electron chi connectivity index (χ3n) is 2.98. The van der Waals surface area contributed by atoms with Gasteiger partial charge in [-0.15, -0.1) is 0 Å². The fourth-order valence-corrected chi connectivity index (χ4v) is 2.05. The molecule has 0 saturated carbocycles. The highest BCUT2D eigenvalue weighted by molar-refractivity contribution is 5.40. The molecule has 60 valence electrons. The Morgan fingerprint density at radius 1 is 1.36 bits per heavy atom. The first-order chi connectivity index (χ1) is 5.20. The molecule has 1 aliphatic carbocycles. The molecular weight excluding hydrogens is 134 g/mol. The molecule has 11 heavy (non-hydrogen) atoms. The molecule has 0 amide bonds. The van der Waals surface area contributed by atoms with E-state index in [1.54, 1.807) is 5.56 Å². The highest BCUT2D eigenvalue weighted by Gasteiger charge is 2.22. The van der Waals surface area contributed by atoms with Gasteiger partial charge in [-0.2, -0.15) is 0 Å². The number of fused-ring (bicyclic) bond motifs is 1. The van der Waals surface area contributed by atoms with Crippen molar-refractivity contribution in [2.45, 2.75) is 39.5 Å². The smallest absolute Gasteiger partial charge is 0.0213 e. The first-order valence-electron chi connectivity index (χ1n) is 4.38. The Labute approximate surface area is 67.8 Å². The molecule has 0 radical (unpaired) electrons. The number of aromatic amines is 1. The summed E-state index contributed by atoms with van der Waals surface area (Å²) in [4.78, 5) is 3.47. The highest BCUT2D eigenvalue weighted by atomic mass is 14.7. The fourth-order valence-electron chi connectivity index (χ4n) is 2.05. The lowest BCUT2D eigenvalue weighted by molar-refractivity contribution is 0.725. The predicted molar refractivity (Wildman–Crippen MR) is 47.0 cm³/mol. The minimum atomic E-state index is 0.761. The van der Waals surface area contributed by atoms with Crippen LogP contribution in [0.4, 0.5) is 0 Å². The molecule has 1 heterocycles. The molecule has 0 fully saturated rings. The lowest BCUT2D eigenvalue weighted by Crippen LogP contribution is -1.86. The van der Waals surface area contributed by atoms with Crippen LogP contribution in [0, 0.1) is 13.8 Å². The number of rotatable bonds is 0. The first-order valence-corrected chi connectivity index (χ1v) is 4.38. The zero-order valence-corrected chi connectivity index (χ0v) is 7.49. The SMILES string of the molecule is Cc1[nH]c2c(c1C)CCC2C. The fraction of sp³-hybridized carbons (Fsp3) is 0.600. The zero-order chi connectivity index (χ0) is 8.01. The van der Waals surface area contributed by atoms with E-state index in [0.717, 1.165) is 5.92 Å². The Kier molecular flexibility index (Phi) is 1.35. The normalized spacial score (nSPS) is 22.3. The van der Waals surface area contributed by atoms with Gasteiger partial charge in [0.05, 0.1) is 0 Å². The minimum absolute atomic E-state index is 0.761. The van der Waals surface area contributed by atoms with Crippen LogP contribution in [0.5, 0.6) is 0 Å². The summed E-state index contributed by atoms with van der Waals surface area (Å²) < 4.78 is 0. The molecule has 1 aromatic rings. The molecule has 1 aromatic heterocycles. The van der Waals surface area contributed by atoms with Crippen LogP contribution in [0.15, 0.2) is 0 Å². The maximum absolute atomic E-state index is 3.47. The highest BCUT2D eigenvalue weighted by Crippen LogP contribution is 2.34. The third-order valence-corrected chi connectivity index (χ3v) is 2.98. The van der Waals surface area contributed by atoms with E-state index in [1.807, 2.05) is 0 Å². The van der Waals surface area contributed by atoms with Crippen molar-refractivity contribution in [1.29, 1.82) is 0 Å². The summed E-state index contributed by atoms with van der Waals surface area (Å²) in [6.07, 6.45) is 2.62. The molecule has 1 N–H and O–H groups in total. The Morgan fingerprint density at radius 2 is 2.09 bits per heavy atom. The number of H-pyrrole nitrogens is 1. The summed E-state index contributed by atoms with van der Waals surface area (Å²) in [6, 6.07) is 0. The Hall–Kier alpha value is -0.720. The lowest BCUT2D eigenvalue weighted by atomic mass is 10.1. The van der Waals surface area contributed by atoms with Gasteiger partial charge >= 0.3 is 0 Å². The summed E-state index contributed by atoms with van der Waals surface area (Å²) in [5.41, 5.74) is 5.95. The second-order valence-electron chi connectivity index (χ2n) is 3.71. The maximum atomic E-state index is 3.47. The van der Waals surface area contributed by atoms with Gasteiger partial charge in [0.2, 0.25) is 0 Å². The lowest BCUT2D eigenvalue weighted by Gasteiger charge is -1.98.